The second-order valence-corrected chi connectivity index (χ2v) is 5.40. The van der Waals surface area contributed by atoms with Crippen LogP contribution in [-0.4, -0.2) is 30.7 Å². The van der Waals surface area contributed by atoms with Crippen LogP contribution < -0.4 is 5.32 Å². The van der Waals surface area contributed by atoms with E-state index < -0.39 is 0 Å². The molecule has 0 aliphatic carbocycles. The average molecular weight is 327 g/mol. The van der Waals surface area contributed by atoms with Crippen LogP contribution >= 0.6 is 22.6 Å². The molecular weight excluding hydrogens is 301 g/mol. The summed E-state index contributed by atoms with van der Waals surface area (Å²) in [7, 11) is 0. The number of ether oxygens (including phenoxy) is 1. The maximum Gasteiger partial charge on any atom is 0.0591 e. The summed E-state index contributed by atoms with van der Waals surface area (Å²) in [4.78, 5) is 0. The van der Waals surface area contributed by atoms with Crippen molar-refractivity contribution in [2.45, 2.75) is 39.5 Å². The summed E-state index contributed by atoms with van der Waals surface area (Å²) in [5.41, 5.74) is 0. The number of halogens is 1. The van der Waals surface area contributed by atoms with Crippen molar-refractivity contribution < 1.29 is 4.74 Å². The molecule has 0 fully saturated rings. The van der Waals surface area contributed by atoms with Crippen LogP contribution in [0.3, 0.4) is 0 Å². The van der Waals surface area contributed by atoms with E-state index in [4.69, 9.17) is 4.74 Å². The molecule has 0 rings (SSSR count). The Hall–Kier alpha value is 0.650. The Morgan fingerprint density at radius 3 is 2.47 bits per heavy atom. The first kappa shape index (κ1) is 15.7. The van der Waals surface area contributed by atoms with Gasteiger partial charge in [0.1, 0.15) is 0 Å². The van der Waals surface area contributed by atoms with Gasteiger partial charge in [0.15, 0.2) is 0 Å². The van der Waals surface area contributed by atoms with Crippen molar-refractivity contribution in [1.29, 1.82) is 0 Å². The van der Waals surface area contributed by atoms with Crippen molar-refractivity contribution in [2.24, 2.45) is 5.92 Å². The fourth-order valence-corrected chi connectivity index (χ4v) is 1.83. The van der Waals surface area contributed by atoms with Gasteiger partial charge in [-0.25, -0.2) is 0 Å². The highest BCUT2D eigenvalue weighted by Crippen LogP contribution is 2.01. The van der Waals surface area contributed by atoms with Crippen LogP contribution in [0.4, 0.5) is 0 Å². The zero-order valence-corrected chi connectivity index (χ0v) is 12.4. The third-order valence-electron chi connectivity index (χ3n) is 2.11. The Balaban J connectivity index is 2.87. The molecule has 3 heteroatoms. The quantitative estimate of drug-likeness (QED) is 0.357. The monoisotopic (exact) mass is 327 g/mol. The first-order valence-electron chi connectivity index (χ1n) is 6.11. The molecule has 0 bridgehead atoms. The second-order valence-electron chi connectivity index (χ2n) is 4.32. The van der Waals surface area contributed by atoms with Crippen molar-refractivity contribution in [3.8, 4) is 0 Å². The Labute approximate surface area is 109 Å². The minimum Gasteiger partial charge on any atom is -0.380 e. The van der Waals surface area contributed by atoms with Crippen LogP contribution in [0.2, 0.25) is 0 Å². The van der Waals surface area contributed by atoms with Gasteiger partial charge in [-0.2, -0.15) is 0 Å². The van der Waals surface area contributed by atoms with Gasteiger partial charge in [-0.1, -0.05) is 49.3 Å². The number of nitrogens with one attached hydrogen (secondary N) is 1. The normalized spacial score (nSPS) is 11.2. The van der Waals surface area contributed by atoms with Gasteiger partial charge in [-0.15, -0.1) is 0 Å². The Morgan fingerprint density at radius 1 is 1.07 bits per heavy atom. The van der Waals surface area contributed by atoms with Crippen LogP contribution in [0, 0.1) is 5.92 Å². The third-order valence-corrected chi connectivity index (χ3v) is 2.87. The van der Waals surface area contributed by atoms with Gasteiger partial charge >= 0.3 is 0 Å². The fraction of sp³-hybridized carbons (Fsp3) is 1.00. The molecule has 15 heavy (non-hydrogen) atoms. The summed E-state index contributed by atoms with van der Waals surface area (Å²) >= 11 is 2.44. The van der Waals surface area contributed by atoms with Crippen molar-refractivity contribution >= 4 is 22.6 Å². The number of hydrogen-bond donors (Lipinski definition) is 1. The summed E-state index contributed by atoms with van der Waals surface area (Å²) in [5.74, 6) is 0.651. The molecule has 2 nitrogen and oxygen atoms in total. The van der Waals surface area contributed by atoms with E-state index in [1.807, 2.05) is 0 Å². The number of rotatable bonds is 11. The van der Waals surface area contributed by atoms with E-state index >= 15 is 0 Å². The molecule has 0 aliphatic rings. The molecule has 0 aromatic rings. The lowest BCUT2D eigenvalue weighted by Gasteiger charge is -2.07. The largest absolute Gasteiger partial charge is 0.380 e. The molecule has 1 N–H and O–H groups in total. The molecule has 0 aliphatic heterocycles. The Kier molecular flexibility index (Phi) is 13.3. The lowest BCUT2D eigenvalue weighted by Crippen LogP contribution is -2.21. The minimum atomic E-state index is 0.651. The first-order chi connectivity index (χ1) is 7.27. The van der Waals surface area contributed by atoms with E-state index in [2.05, 4.69) is 41.8 Å². The maximum absolute atomic E-state index is 5.48. The maximum atomic E-state index is 5.48. The highest BCUT2D eigenvalue weighted by Gasteiger charge is 1.93. The molecule has 0 spiro atoms. The van der Waals surface area contributed by atoms with Crippen molar-refractivity contribution in [3.63, 3.8) is 0 Å². The van der Waals surface area contributed by atoms with Crippen molar-refractivity contribution in [2.75, 3.05) is 30.7 Å². The summed E-state index contributed by atoms with van der Waals surface area (Å²) in [6, 6.07) is 0. The van der Waals surface area contributed by atoms with Crippen molar-refractivity contribution in [3.05, 3.63) is 0 Å². The van der Waals surface area contributed by atoms with Gasteiger partial charge in [-0.3, -0.25) is 0 Å². The number of unbranched alkanes of at least 4 members (excludes halogenated alkanes) is 3. The highest BCUT2D eigenvalue weighted by atomic mass is 127. The third kappa shape index (κ3) is 14.7. The van der Waals surface area contributed by atoms with E-state index in [0.29, 0.717) is 5.92 Å². The average Bonchev–Trinajstić information content (AvgIpc) is 2.20. The molecule has 0 amide bonds. The summed E-state index contributed by atoms with van der Waals surface area (Å²) in [6.45, 7) is 8.25. The Morgan fingerprint density at radius 2 is 1.80 bits per heavy atom. The molecule has 0 radical (unpaired) electrons. The topological polar surface area (TPSA) is 21.3 Å². The number of hydrogen-bond acceptors (Lipinski definition) is 2. The van der Waals surface area contributed by atoms with E-state index in [0.717, 1.165) is 26.3 Å². The van der Waals surface area contributed by atoms with Crippen LogP contribution in [0.1, 0.15) is 39.5 Å². The lowest BCUT2D eigenvalue weighted by molar-refractivity contribution is 0.112. The van der Waals surface area contributed by atoms with Crippen LogP contribution in [-0.2, 0) is 4.74 Å². The van der Waals surface area contributed by atoms with Gasteiger partial charge in [0.2, 0.25) is 0 Å². The summed E-state index contributed by atoms with van der Waals surface area (Å²) < 4.78 is 6.78. The smallest absolute Gasteiger partial charge is 0.0591 e. The van der Waals surface area contributed by atoms with E-state index in [9.17, 15) is 0 Å². The van der Waals surface area contributed by atoms with E-state index in [-0.39, 0.29) is 0 Å². The minimum absolute atomic E-state index is 0.651. The summed E-state index contributed by atoms with van der Waals surface area (Å²) in [5, 5.41) is 3.41. The lowest BCUT2D eigenvalue weighted by atomic mass is 10.2. The standard InChI is InChI=1S/C12H26INO/c1-12(2)11-15-10-9-14-8-6-4-3-5-7-13/h12,14H,3-11H2,1-2H3. The molecule has 92 valence electrons. The zero-order valence-electron chi connectivity index (χ0n) is 10.2. The van der Waals surface area contributed by atoms with Gasteiger partial charge in [-0.05, 0) is 29.7 Å². The predicted octanol–water partition coefficient (Wildman–Crippen LogP) is 3.24. The van der Waals surface area contributed by atoms with Crippen LogP contribution in [0.15, 0.2) is 0 Å². The molecule has 0 saturated heterocycles. The van der Waals surface area contributed by atoms with Gasteiger partial charge in [0, 0.05) is 13.2 Å². The molecule has 0 saturated carbocycles. The second kappa shape index (κ2) is 12.7. The molecular formula is C12H26INO. The molecule has 0 atom stereocenters. The predicted molar refractivity (Wildman–Crippen MR) is 75.9 cm³/mol. The highest BCUT2D eigenvalue weighted by molar-refractivity contribution is 14.1. The zero-order chi connectivity index (χ0) is 11.4. The molecule has 0 aromatic heterocycles. The van der Waals surface area contributed by atoms with Gasteiger partial charge in [0.25, 0.3) is 0 Å². The van der Waals surface area contributed by atoms with E-state index in [1.165, 1.54) is 30.1 Å². The summed E-state index contributed by atoms with van der Waals surface area (Å²) in [6.07, 6.45) is 5.43. The van der Waals surface area contributed by atoms with Gasteiger partial charge < -0.3 is 10.1 Å². The first-order valence-corrected chi connectivity index (χ1v) is 7.64. The van der Waals surface area contributed by atoms with Gasteiger partial charge in [0.05, 0.1) is 6.61 Å². The fourth-order valence-electron chi connectivity index (χ4n) is 1.29. The molecule has 0 aromatic carbocycles. The van der Waals surface area contributed by atoms with E-state index in [1.54, 1.807) is 0 Å². The molecule has 0 heterocycles. The van der Waals surface area contributed by atoms with Crippen molar-refractivity contribution in [1.82, 2.24) is 5.32 Å². The molecule has 0 unspecified atom stereocenters. The number of alkyl halides is 1. The SMILES string of the molecule is CC(C)COCCNCCCCCCI. The Bertz CT molecular complexity index is 120. The van der Waals surface area contributed by atoms with Crippen LogP contribution in [0.25, 0.3) is 0 Å². The van der Waals surface area contributed by atoms with Crippen LogP contribution in [0.5, 0.6) is 0 Å².